The van der Waals surface area contributed by atoms with Crippen LogP contribution in [0.4, 0.5) is 0 Å². The second kappa shape index (κ2) is 6.42. The Balaban J connectivity index is 2.09. The van der Waals surface area contributed by atoms with Gasteiger partial charge in [-0.05, 0) is 12.1 Å². The van der Waals surface area contributed by atoms with E-state index in [-0.39, 0.29) is 6.04 Å². The van der Waals surface area contributed by atoms with Gasteiger partial charge in [-0.25, -0.2) is 0 Å². The maximum atomic E-state index is 5.40. The summed E-state index contributed by atoms with van der Waals surface area (Å²) in [6, 6.07) is 6.06. The molecule has 1 aromatic carbocycles. The van der Waals surface area contributed by atoms with Crippen LogP contribution < -0.4 is 14.8 Å². The zero-order valence-electron chi connectivity index (χ0n) is 10.8. The fraction of sp³-hybridized carbons (Fsp3) is 0.429. The van der Waals surface area contributed by atoms with Crippen molar-refractivity contribution in [2.24, 2.45) is 0 Å². The summed E-state index contributed by atoms with van der Waals surface area (Å²) in [6.45, 7) is 2.40. The van der Waals surface area contributed by atoms with Crippen molar-refractivity contribution in [2.45, 2.75) is 6.04 Å². The van der Waals surface area contributed by atoms with E-state index in [1.807, 2.05) is 24.3 Å². The quantitative estimate of drug-likeness (QED) is 0.881. The third-order valence-corrected chi connectivity index (χ3v) is 2.90. The number of ether oxygens (including phenoxy) is 3. The minimum atomic E-state index is 0.269. The number of morpholine rings is 1. The molecule has 18 heavy (non-hydrogen) atoms. The maximum absolute atomic E-state index is 5.40. The average molecular weight is 249 g/mol. The molecule has 1 saturated heterocycles. The largest absolute Gasteiger partial charge is 0.497 e. The highest BCUT2D eigenvalue weighted by molar-refractivity contribution is 5.59. The van der Waals surface area contributed by atoms with Gasteiger partial charge in [0.1, 0.15) is 11.5 Å². The number of hydrogen-bond acceptors (Lipinski definition) is 4. The minimum absolute atomic E-state index is 0.269. The first-order chi connectivity index (χ1) is 8.83. The third-order valence-electron chi connectivity index (χ3n) is 2.90. The van der Waals surface area contributed by atoms with E-state index in [2.05, 4.69) is 11.4 Å². The van der Waals surface area contributed by atoms with E-state index in [0.717, 1.165) is 36.8 Å². The minimum Gasteiger partial charge on any atom is -0.497 e. The lowest BCUT2D eigenvalue weighted by atomic mass is 10.1. The van der Waals surface area contributed by atoms with Crippen LogP contribution in [0.15, 0.2) is 24.3 Å². The molecule has 0 aliphatic carbocycles. The van der Waals surface area contributed by atoms with Gasteiger partial charge in [0.25, 0.3) is 0 Å². The van der Waals surface area contributed by atoms with Crippen molar-refractivity contribution >= 4 is 6.08 Å². The Kier molecular flexibility index (Phi) is 4.61. The molecule has 1 N–H and O–H groups in total. The lowest BCUT2D eigenvalue weighted by molar-refractivity contribution is 0.0903. The van der Waals surface area contributed by atoms with Gasteiger partial charge in [0.2, 0.25) is 0 Å². The van der Waals surface area contributed by atoms with Crippen molar-refractivity contribution in [3.63, 3.8) is 0 Å². The fourth-order valence-corrected chi connectivity index (χ4v) is 1.89. The van der Waals surface area contributed by atoms with Crippen LogP contribution in [0.25, 0.3) is 6.08 Å². The monoisotopic (exact) mass is 249 g/mol. The van der Waals surface area contributed by atoms with Gasteiger partial charge in [-0.2, -0.15) is 0 Å². The van der Waals surface area contributed by atoms with Crippen LogP contribution in [0.5, 0.6) is 11.5 Å². The van der Waals surface area contributed by atoms with E-state index in [1.54, 1.807) is 14.2 Å². The molecular formula is C14H19NO3. The summed E-state index contributed by atoms with van der Waals surface area (Å²) in [5.74, 6) is 1.60. The van der Waals surface area contributed by atoms with Crippen LogP contribution in [-0.2, 0) is 4.74 Å². The number of hydrogen-bond donors (Lipinski definition) is 1. The fourth-order valence-electron chi connectivity index (χ4n) is 1.89. The highest BCUT2D eigenvalue weighted by Crippen LogP contribution is 2.25. The van der Waals surface area contributed by atoms with Crippen LogP contribution in [0.1, 0.15) is 5.56 Å². The Morgan fingerprint density at radius 1 is 1.33 bits per heavy atom. The molecule has 1 heterocycles. The van der Waals surface area contributed by atoms with Crippen molar-refractivity contribution in [1.29, 1.82) is 0 Å². The number of benzene rings is 1. The molecule has 0 aromatic heterocycles. The Morgan fingerprint density at radius 2 is 2.22 bits per heavy atom. The molecule has 1 aromatic rings. The highest BCUT2D eigenvalue weighted by atomic mass is 16.5. The molecule has 0 saturated carbocycles. The molecule has 2 rings (SSSR count). The van der Waals surface area contributed by atoms with E-state index in [9.17, 15) is 0 Å². The standard InChI is InChI=1S/C14H19NO3/c1-16-13-6-4-11(14(9-13)17-2)3-5-12-10-18-8-7-15-12/h3-6,9,12,15H,7-8,10H2,1-2H3/b5-3+. The first kappa shape index (κ1) is 12.9. The lowest BCUT2D eigenvalue weighted by Crippen LogP contribution is -2.39. The molecule has 4 heteroatoms. The Hall–Kier alpha value is -1.52. The van der Waals surface area contributed by atoms with E-state index in [0.29, 0.717) is 0 Å². The van der Waals surface area contributed by atoms with E-state index < -0.39 is 0 Å². The molecule has 0 radical (unpaired) electrons. The second-order valence-electron chi connectivity index (χ2n) is 4.10. The Bertz CT molecular complexity index is 412. The zero-order valence-corrected chi connectivity index (χ0v) is 10.8. The summed E-state index contributed by atoms with van der Waals surface area (Å²) in [5, 5.41) is 3.37. The van der Waals surface area contributed by atoms with Crippen molar-refractivity contribution in [3.8, 4) is 11.5 Å². The van der Waals surface area contributed by atoms with Gasteiger partial charge in [0.05, 0.1) is 27.4 Å². The van der Waals surface area contributed by atoms with Gasteiger partial charge >= 0.3 is 0 Å². The van der Waals surface area contributed by atoms with Gasteiger partial charge < -0.3 is 19.5 Å². The highest BCUT2D eigenvalue weighted by Gasteiger charge is 2.09. The molecule has 1 fully saturated rings. The van der Waals surface area contributed by atoms with E-state index in [4.69, 9.17) is 14.2 Å². The van der Waals surface area contributed by atoms with Crippen LogP contribution in [0, 0.1) is 0 Å². The summed E-state index contributed by atoms with van der Waals surface area (Å²) in [7, 11) is 3.31. The normalized spacial score (nSPS) is 20.0. The van der Waals surface area contributed by atoms with Gasteiger partial charge in [-0.15, -0.1) is 0 Å². The SMILES string of the molecule is COc1ccc(/C=C/C2COCCN2)c(OC)c1. The second-order valence-corrected chi connectivity index (χ2v) is 4.10. The van der Waals surface area contributed by atoms with Gasteiger partial charge in [0.15, 0.2) is 0 Å². The Morgan fingerprint density at radius 3 is 2.89 bits per heavy atom. The van der Waals surface area contributed by atoms with Crippen LogP contribution in [0.3, 0.4) is 0 Å². The molecular weight excluding hydrogens is 230 g/mol. The smallest absolute Gasteiger partial charge is 0.129 e. The molecule has 0 amide bonds. The molecule has 1 atom stereocenters. The molecule has 98 valence electrons. The Labute approximate surface area is 108 Å². The summed E-state index contributed by atoms with van der Waals surface area (Å²) >= 11 is 0. The van der Waals surface area contributed by atoms with Crippen LogP contribution in [-0.4, -0.2) is 40.0 Å². The molecule has 1 aliphatic heterocycles. The first-order valence-electron chi connectivity index (χ1n) is 6.05. The summed E-state index contributed by atoms with van der Waals surface area (Å²) < 4.78 is 15.9. The van der Waals surface area contributed by atoms with Crippen molar-refractivity contribution in [3.05, 3.63) is 29.8 Å². The van der Waals surface area contributed by atoms with Crippen molar-refractivity contribution in [2.75, 3.05) is 34.0 Å². The van der Waals surface area contributed by atoms with Crippen molar-refractivity contribution in [1.82, 2.24) is 5.32 Å². The van der Waals surface area contributed by atoms with E-state index >= 15 is 0 Å². The van der Waals surface area contributed by atoms with Crippen LogP contribution >= 0.6 is 0 Å². The summed E-state index contributed by atoms with van der Waals surface area (Å²) in [4.78, 5) is 0. The first-order valence-corrected chi connectivity index (χ1v) is 6.05. The summed E-state index contributed by atoms with van der Waals surface area (Å²) in [5.41, 5.74) is 1.03. The number of methoxy groups -OCH3 is 2. The predicted octanol–water partition coefficient (Wildman–Crippen LogP) is 1.71. The molecule has 1 aliphatic rings. The van der Waals surface area contributed by atoms with Gasteiger partial charge in [0, 0.05) is 24.2 Å². The molecule has 4 nitrogen and oxygen atoms in total. The molecule has 1 unspecified atom stereocenters. The number of rotatable bonds is 4. The average Bonchev–Trinajstić information content (AvgIpc) is 2.46. The van der Waals surface area contributed by atoms with Gasteiger partial charge in [-0.1, -0.05) is 12.2 Å². The molecule has 0 spiro atoms. The maximum Gasteiger partial charge on any atom is 0.129 e. The zero-order chi connectivity index (χ0) is 12.8. The van der Waals surface area contributed by atoms with E-state index in [1.165, 1.54) is 0 Å². The summed E-state index contributed by atoms with van der Waals surface area (Å²) in [6.07, 6.45) is 4.15. The third kappa shape index (κ3) is 3.24. The number of nitrogens with one attached hydrogen (secondary N) is 1. The van der Waals surface area contributed by atoms with Gasteiger partial charge in [-0.3, -0.25) is 0 Å². The van der Waals surface area contributed by atoms with Crippen molar-refractivity contribution < 1.29 is 14.2 Å². The van der Waals surface area contributed by atoms with Crippen LogP contribution in [0.2, 0.25) is 0 Å². The molecule has 0 bridgehead atoms. The lowest BCUT2D eigenvalue weighted by Gasteiger charge is -2.20. The topological polar surface area (TPSA) is 39.7 Å². The predicted molar refractivity (Wildman–Crippen MR) is 71.2 cm³/mol.